The molecule has 1 aliphatic heterocycles. The summed E-state index contributed by atoms with van der Waals surface area (Å²) in [6.07, 6.45) is -0.611. The number of rotatable bonds is 4. The number of β-amino-alcohol motifs (C(OH)–C–C–N with tert-alkyl or cyclic N) is 1. The van der Waals surface area contributed by atoms with Gasteiger partial charge in [0.1, 0.15) is 6.04 Å². The molecule has 0 aromatic rings. The maximum atomic E-state index is 11.9. The van der Waals surface area contributed by atoms with Crippen LogP contribution in [0.4, 0.5) is 0 Å². The number of likely N-dealkylation sites (tertiary alicyclic amines) is 1. The highest BCUT2D eigenvalue weighted by atomic mass is 16.4. The fraction of sp³-hybridized carbons (Fsp3) is 0.800. The SMILES string of the molecule is CNCC(C)C(=O)N1CC(O)CC1C(=O)O. The predicted octanol–water partition coefficient (Wildman–Crippen LogP) is -1.11. The average Bonchev–Trinajstić information content (AvgIpc) is 2.59. The standard InChI is InChI=1S/C10H18N2O4/c1-6(4-11-2)9(14)12-5-7(13)3-8(12)10(15)16/h6-8,11,13H,3-5H2,1-2H3,(H,15,16). The number of hydrogen-bond donors (Lipinski definition) is 3. The molecule has 1 fully saturated rings. The van der Waals surface area contributed by atoms with E-state index in [4.69, 9.17) is 5.11 Å². The predicted molar refractivity (Wildman–Crippen MR) is 56.9 cm³/mol. The molecule has 0 aromatic heterocycles. The van der Waals surface area contributed by atoms with Gasteiger partial charge in [-0.05, 0) is 7.05 Å². The molecule has 0 saturated carbocycles. The molecule has 0 radical (unpaired) electrons. The quantitative estimate of drug-likeness (QED) is 0.569. The van der Waals surface area contributed by atoms with Crippen molar-refractivity contribution in [1.29, 1.82) is 0 Å². The van der Waals surface area contributed by atoms with Gasteiger partial charge in [0.25, 0.3) is 0 Å². The van der Waals surface area contributed by atoms with Gasteiger partial charge < -0.3 is 20.4 Å². The van der Waals surface area contributed by atoms with Crippen molar-refractivity contribution in [3.8, 4) is 0 Å². The summed E-state index contributed by atoms with van der Waals surface area (Å²) in [5.41, 5.74) is 0. The number of nitrogens with one attached hydrogen (secondary N) is 1. The summed E-state index contributed by atoms with van der Waals surface area (Å²) in [5.74, 6) is -1.56. The molecule has 3 N–H and O–H groups in total. The molecule has 1 rings (SSSR count). The Morgan fingerprint density at radius 1 is 1.56 bits per heavy atom. The zero-order valence-corrected chi connectivity index (χ0v) is 9.51. The lowest BCUT2D eigenvalue weighted by Crippen LogP contribution is -2.44. The van der Waals surface area contributed by atoms with E-state index in [1.807, 2.05) is 0 Å². The van der Waals surface area contributed by atoms with Crippen molar-refractivity contribution in [3.05, 3.63) is 0 Å². The molecule has 0 bridgehead atoms. The fourth-order valence-electron chi connectivity index (χ4n) is 1.97. The zero-order chi connectivity index (χ0) is 12.3. The molecule has 6 nitrogen and oxygen atoms in total. The number of carbonyl (C=O) groups excluding carboxylic acids is 1. The minimum Gasteiger partial charge on any atom is -0.480 e. The van der Waals surface area contributed by atoms with Gasteiger partial charge in [-0.2, -0.15) is 0 Å². The number of carbonyl (C=O) groups is 2. The van der Waals surface area contributed by atoms with E-state index in [0.29, 0.717) is 6.54 Å². The van der Waals surface area contributed by atoms with E-state index < -0.39 is 18.1 Å². The largest absolute Gasteiger partial charge is 0.480 e. The van der Waals surface area contributed by atoms with Gasteiger partial charge in [-0.15, -0.1) is 0 Å². The van der Waals surface area contributed by atoms with Crippen LogP contribution in [0.3, 0.4) is 0 Å². The number of carboxylic acids is 1. The van der Waals surface area contributed by atoms with Crippen LogP contribution in [0.2, 0.25) is 0 Å². The zero-order valence-electron chi connectivity index (χ0n) is 9.51. The van der Waals surface area contributed by atoms with Crippen molar-refractivity contribution >= 4 is 11.9 Å². The van der Waals surface area contributed by atoms with Crippen LogP contribution in [0.1, 0.15) is 13.3 Å². The number of nitrogens with zero attached hydrogens (tertiary/aromatic N) is 1. The van der Waals surface area contributed by atoms with Gasteiger partial charge in [0, 0.05) is 25.4 Å². The van der Waals surface area contributed by atoms with Crippen LogP contribution < -0.4 is 5.32 Å². The number of carboxylic acid groups (broad SMARTS) is 1. The van der Waals surface area contributed by atoms with Gasteiger partial charge in [-0.3, -0.25) is 4.79 Å². The molecule has 1 heterocycles. The minimum atomic E-state index is -1.05. The Morgan fingerprint density at radius 2 is 2.19 bits per heavy atom. The van der Waals surface area contributed by atoms with Gasteiger partial charge >= 0.3 is 5.97 Å². The second kappa shape index (κ2) is 5.27. The van der Waals surface area contributed by atoms with E-state index in [-0.39, 0.29) is 24.8 Å². The molecular weight excluding hydrogens is 212 g/mol. The van der Waals surface area contributed by atoms with Crippen LogP contribution in [0.25, 0.3) is 0 Å². The molecule has 16 heavy (non-hydrogen) atoms. The van der Waals surface area contributed by atoms with Crippen LogP contribution in [0.15, 0.2) is 0 Å². The molecule has 0 spiro atoms. The van der Waals surface area contributed by atoms with Crippen molar-refractivity contribution in [1.82, 2.24) is 10.2 Å². The van der Waals surface area contributed by atoms with Crippen LogP contribution in [0.5, 0.6) is 0 Å². The summed E-state index contributed by atoms with van der Waals surface area (Å²) in [7, 11) is 1.73. The monoisotopic (exact) mass is 230 g/mol. The molecule has 1 saturated heterocycles. The van der Waals surface area contributed by atoms with E-state index >= 15 is 0 Å². The Bertz CT molecular complexity index is 282. The summed E-state index contributed by atoms with van der Waals surface area (Å²) < 4.78 is 0. The van der Waals surface area contributed by atoms with Crippen molar-refractivity contribution in [3.63, 3.8) is 0 Å². The van der Waals surface area contributed by atoms with Crippen molar-refractivity contribution in [2.45, 2.75) is 25.5 Å². The van der Waals surface area contributed by atoms with Crippen LogP contribution >= 0.6 is 0 Å². The number of hydrogen-bond acceptors (Lipinski definition) is 4. The third kappa shape index (κ3) is 2.70. The summed E-state index contributed by atoms with van der Waals surface area (Å²) in [6.45, 7) is 2.35. The number of aliphatic carboxylic acids is 1. The Balaban J connectivity index is 2.70. The first-order valence-corrected chi connectivity index (χ1v) is 5.33. The molecule has 1 amide bonds. The van der Waals surface area contributed by atoms with Crippen LogP contribution in [-0.2, 0) is 9.59 Å². The number of aliphatic hydroxyl groups is 1. The first-order chi connectivity index (χ1) is 7.47. The molecule has 0 aliphatic carbocycles. The third-order valence-electron chi connectivity index (χ3n) is 2.78. The summed E-state index contributed by atoms with van der Waals surface area (Å²) in [5, 5.41) is 21.2. The van der Waals surface area contributed by atoms with E-state index in [9.17, 15) is 14.7 Å². The highest BCUT2D eigenvalue weighted by Gasteiger charge is 2.39. The lowest BCUT2D eigenvalue weighted by Gasteiger charge is -2.24. The van der Waals surface area contributed by atoms with Gasteiger partial charge in [-0.25, -0.2) is 4.79 Å². The normalized spacial score (nSPS) is 26.8. The maximum absolute atomic E-state index is 11.9. The topological polar surface area (TPSA) is 89.9 Å². The van der Waals surface area contributed by atoms with E-state index in [2.05, 4.69) is 5.32 Å². The van der Waals surface area contributed by atoms with Crippen molar-refractivity contribution in [2.24, 2.45) is 5.92 Å². The lowest BCUT2D eigenvalue weighted by atomic mass is 10.1. The highest BCUT2D eigenvalue weighted by Crippen LogP contribution is 2.20. The van der Waals surface area contributed by atoms with E-state index in [1.54, 1.807) is 14.0 Å². The van der Waals surface area contributed by atoms with Gasteiger partial charge in [0.15, 0.2) is 0 Å². The van der Waals surface area contributed by atoms with Gasteiger partial charge in [0.2, 0.25) is 5.91 Å². The fourth-order valence-corrected chi connectivity index (χ4v) is 1.97. The van der Waals surface area contributed by atoms with Crippen LogP contribution in [0, 0.1) is 5.92 Å². The molecule has 3 unspecified atom stereocenters. The minimum absolute atomic E-state index is 0.115. The van der Waals surface area contributed by atoms with Gasteiger partial charge in [-0.1, -0.05) is 6.92 Å². The van der Waals surface area contributed by atoms with Crippen molar-refractivity contribution in [2.75, 3.05) is 20.1 Å². The molecule has 3 atom stereocenters. The first-order valence-electron chi connectivity index (χ1n) is 5.33. The number of aliphatic hydroxyl groups excluding tert-OH is 1. The Kier molecular flexibility index (Phi) is 4.26. The Labute approximate surface area is 94.2 Å². The van der Waals surface area contributed by atoms with E-state index in [1.165, 1.54) is 4.90 Å². The molecule has 0 aromatic carbocycles. The molecule has 1 aliphatic rings. The Hall–Kier alpha value is -1.14. The Morgan fingerprint density at radius 3 is 2.69 bits per heavy atom. The molecule has 92 valence electrons. The molecular formula is C10H18N2O4. The summed E-state index contributed by atoms with van der Waals surface area (Å²) >= 11 is 0. The molecule has 6 heteroatoms. The number of amides is 1. The van der Waals surface area contributed by atoms with Gasteiger partial charge in [0.05, 0.1) is 6.10 Å². The highest BCUT2D eigenvalue weighted by molar-refractivity contribution is 5.85. The van der Waals surface area contributed by atoms with E-state index in [0.717, 1.165) is 0 Å². The average molecular weight is 230 g/mol. The maximum Gasteiger partial charge on any atom is 0.326 e. The third-order valence-corrected chi connectivity index (χ3v) is 2.78. The first kappa shape index (κ1) is 12.9. The smallest absolute Gasteiger partial charge is 0.326 e. The lowest BCUT2D eigenvalue weighted by molar-refractivity contribution is -0.149. The summed E-state index contributed by atoms with van der Waals surface area (Å²) in [4.78, 5) is 24.1. The second-order valence-corrected chi connectivity index (χ2v) is 4.19. The van der Waals surface area contributed by atoms with Crippen LogP contribution in [-0.4, -0.2) is 59.3 Å². The van der Waals surface area contributed by atoms with Crippen molar-refractivity contribution < 1.29 is 19.8 Å². The second-order valence-electron chi connectivity index (χ2n) is 4.19. The summed E-state index contributed by atoms with van der Waals surface area (Å²) in [6, 6.07) is -0.887.